The zero-order valence-corrected chi connectivity index (χ0v) is 12.7. The van der Waals surface area contributed by atoms with Gasteiger partial charge in [0.2, 0.25) is 5.91 Å². The molecule has 5 nitrogen and oxygen atoms in total. The first-order valence-corrected chi connectivity index (χ1v) is 7.47. The second-order valence-corrected chi connectivity index (χ2v) is 5.82. The first-order chi connectivity index (χ1) is 11.2. The Balaban J connectivity index is 2.10. The highest BCUT2D eigenvalue weighted by Gasteiger charge is 2.33. The molecule has 1 fully saturated rings. The molecular formula is C16H17F3N2O3. The average molecular weight is 342 g/mol. The number of nitrogens with two attached hydrogens (primary N) is 1. The lowest BCUT2D eigenvalue weighted by Gasteiger charge is -2.28. The Morgan fingerprint density at radius 2 is 1.83 bits per heavy atom. The molecule has 2 rings (SSSR count). The summed E-state index contributed by atoms with van der Waals surface area (Å²) >= 11 is 0. The standard InChI is InChI=1S/C16H17F3N2O3/c17-16(18,19)11-6-4-9(5-7-11)15(24)21-13(14(20)23)10-2-1-3-12(22)8-10/h4-7,10,13H,1-3,8H2,(H2,20,23)(H,21,24)/t10-,13+/m1/s1. The number of primary amides is 1. The molecule has 2 amide bonds. The van der Waals surface area contributed by atoms with Gasteiger partial charge in [0.25, 0.3) is 5.91 Å². The van der Waals surface area contributed by atoms with Gasteiger partial charge in [0.05, 0.1) is 5.56 Å². The predicted octanol–water partition coefficient (Wildman–Crippen LogP) is 2.05. The van der Waals surface area contributed by atoms with E-state index in [0.717, 1.165) is 24.3 Å². The fourth-order valence-corrected chi connectivity index (χ4v) is 2.80. The number of alkyl halides is 3. The second-order valence-electron chi connectivity index (χ2n) is 5.82. The summed E-state index contributed by atoms with van der Waals surface area (Å²) in [5, 5.41) is 2.43. The Morgan fingerprint density at radius 3 is 2.33 bits per heavy atom. The summed E-state index contributed by atoms with van der Waals surface area (Å²) in [6, 6.07) is 2.62. The Bertz CT molecular complexity index is 641. The Morgan fingerprint density at radius 1 is 1.21 bits per heavy atom. The van der Waals surface area contributed by atoms with Gasteiger partial charge in [-0.2, -0.15) is 13.2 Å². The van der Waals surface area contributed by atoms with Crippen LogP contribution in [0.4, 0.5) is 13.2 Å². The van der Waals surface area contributed by atoms with Crippen molar-refractivity contribution in [2.24, 2.45) is 11.7 Å². The maximum atomic E-state index is 12.5. The second kappa shape index (κ2) is 7.02. The number of carbonyl (C=O) groups excluding carboxylic acids is 3. The molecule has 8 heteroatoms. The average Bonchev–Trinajstić information content (AvgIpc) is 2.51. The summed E-state index contributed by atoms with van der Waals surface area (Å²) in [5.41, 5.74) is 4.42. The summed E-state index contributed by atoms with van der Waals surface area (Å²) in [7, 11) is 0. The van der Waals surface area contributed by atoms with Gasteiger partial charge in [-0.25, -0.2) is 0 Å². The number of carbonyl (C=O) groups is 3. The monoisotopic (exact) mass is 342 g/mol. The molecule has 1 aliphatic rings. The highest BCUT2D eigenvalue weighted by Crippen LogP contribution is 2.29. The van der Waals surface area contributed by atoms with Gasteiger partial charge in [-0.3, -0.25) is 14.4 Å². The number of benzene rings is 1. The lowest BCUT2D eigenvalue weighted by molar-refractivity contribution is -0.137. The van der Waals surface area contributed by atoms with Crippen molar-refractivity contribution in [3.63, 3.8) is 0 Å². The minimum absolute atomic E-state index is 0.00118. The summed E-state index contributed by atoms with van der Waals surface area (Å²) in [6.07, 6.45) is -2.71. The molecule has 1 saturated carbocycles. The molecule has 1 aromatic carbocycles. The minimum atomic E-state index is -4.49. The SMILES string of the molecule is NC(=O)[C@@H](NC(=O)c1ccc(C(F)(F)F)cc1)[C@@H]1CCCC(=O)C1. The molecule has 0 aliphatic heterocycles. The Kier molecular flexibility index (Phi) is 5.26. The molecule has 0 saturated heterocycles. The topological polar surface area (TPSA) is 89.3 Å². The van der Waals surface area contributed by atoms with Gasteiger partial charge in [0, 0.05) is 18.4 Å². The zero-order chi connectivity index (χ0) is 17.9. The molecule has 130 valence electrons. The number of hydrogen-bond donors (Lipinski definition) is 2. The third-order valence-electron chi connectivity index (χ3n) is 4.06. The van der Waals surface area contributed by atoms with Crippen LogP contribution in [0.15, 0.2) is 24.3 Å². The van der Waals surface area contributed by atoms with Crippen LogP contribution >= 0.6 is 0 Å². The summed E-state index contributed by atoms with van der Waals surface area (Å²) in [4.78, 5) is 35.3. The van der Waals surface area contributed by atoms with Crippen molar-refractivity contribution in [2.45, 2.75) is 37.9 Å². The predicted molar refractivity (Wildman–Crippen MR) is 78.9 cm³/mol. The lowest BCUT2D eigenvalue weighted by Crippen LogP contribution is -2.50. The van der Waals surface area contributed by atoms with Crippen LogP contribution in [0, 0.1) is 5.92 Å². The van der Waals surface area contributed by atoms with Crippen molar-refractivity contribution in [1.29, 1.82) is 0 Å². The van der Waals surface area contributed by atoms with Crippen molar-refractivity contribution < 1.29 is 27.6 Å². The number of hydrogen-bond acceptors (Lipinski definition) is 3. The van der Waals surface area contributed by atoms with E-state index in [1.54, 1.807) is 0 Å². The summed E-state index contributed by atoms with van der Waals surface area (Å²) in [6.45, 7) is 0. The molecule has 0 aromatic heterocycles. The first-order valence-electron chi connectivity index (χ1n) is 7.47. The third kappa shape index (κ3) is 4.33. The fraction of sp³-hybridized carbons (Fsp3) is 0.438. The smallest absolute Gasteiger partial charge is 0.368 e. The van der Waals surface area contributed by atoms with Crippen LogP contribution in [0.1, 0.15) is 41.6 Å². The van der Waals surface area contributed by atoms with E-state index in [9.17, 15) is 27.6 Å². The number of Topliss-reactive ketones (excluding diaryl/α,β-unsaturated/α-hetero) is 1. The van der Waals surface area contributed by atoms with Crippen molar-refractivity contribution in [3.8, 4) is 0 Å². The fourth-order valence-electron chi connectivity index (χ4n) is 2.80. The molecule has 0 heterocycles. The van der Waals surface area contributed by atoms with Crippen molar-refractivity contribution in [2.75, 3.05) is 0 Å². The van der Waals surface area contributed by atoms with E-state index in [-0.39, 0.29) is 23.7 Å². The van der Waals surface area contributed by atoms with Crippen LogP contribution in [0.2, 0.25) is 0 Å². The Labute approximate surface area is 136 Å². The van der Waals surface area contributed by atoms with Crippen LogP contribution in [-0.4, -0.2) is 23.6 Å². The van der Waals surface area contributed by atoms with E-state index in [0.29, 0.717) is 19.3 Å². The van der Waals surface area contributed by atoms with Crippen molar-refractivity contribution >= 4 is 17.6 Å². The van der Waals surface area contributed by atoms with Gasteiger partial charge < -0.3 is 11.1 Å². The maximum Gasteiger partial charge on any atom is 0.416 e. The largest absolute Gasteiger partial charge is 0.416 e. The zero-order valence-electron chi connectivity index (χ0n) is 12.7. The van der Waals surface area contributed by atoms with Gasteiger partial charge in [-0.15, -0.1) is 0 Å². The van der Waals surface area contributed by atoms with Gasteiger partial charge >= 0.3 is 6.18 Å². The number of nitrogens with one attached hydrogen (secondary N) is 1. The molecular weight excluding hydrogens is 325 g/mol. The first kappa shape index (κ1) is 18.0. The van der Waals surface area contributed by atoms with Gasteiger partial charge in [-0.05, 0) is 43.0 Å². The van der Waals surface area contributed by atoms with E-state index in [1.807, 2.05) is 0 Å². The highest BCUT2D eigenvalue weighted by atomic mass is 19.4. The van der Waals surface area contributed by atoms with E-state index in [2.05, 4.69) is 5.32 Å². The van der Waals surface area contributed by atoms with Crippen LogP contribution in [0.25, 0.3) is 0 Å². The van der Waals surface area contributed by atoms with Crippen LogP contribution < -0.4 is 11.1 Å². The van der Waals surface area contributed by atoms with Crippen LogP contribution in [-0.2, 0) is 15.8 Å². The molecule has 1 aromatic rings. The van der Waals surface area contributed by atoms with Crippen molar-refractivity contribution in [1.82, 2.24) is 5.32 Å². The molecule has 1 aliphatic carbocycles. The van der Waals surface area contributed by atoms with Crippen LogP contribution in [0.3, 0.4) is 0 Å². The third-order valence-corrected chi connectivity index (χ3v) is 4.06. The molecule has 0 spiro atoms. The molecule has 0 radical (unpaired) electrons. The maximum absolute atomic E-state index is 12.5. The summed E-state index contributed by atoms with van der Waals surface area (Å²) < 4.78 is 37.6. The minimum Gasteiger partial charge on any atom is -0.368 e. The number of ketones is 1. The van der Waals surface area contributed by atoms with E-state index < -0.39 is 29.6 Å². The van der Waals surface area contributed by atoms with Gasteiger partial charge in [0.1, 0.15) is 11.8 Å². The van der Waals surface area contributed by atoms with Gasteiger partial charge in [0.15, 0.2) is 0 Å². The molecule has 24 heavy (non-hydrogen) atoms. The van der Waals surface area contributed by atoms with E-state index in [1.165, 1.54) is 0 Å². The number of amides is 2. The molecule has 0 unspecified atom stereocenters. The van der Waals surface area contributed by atoms with Gasteiger partial charge in [-0.1, -0.05) is 0 Å². The van der Waals surface area contributed by atoms with Crippen LogP contribution in [0.5, 0.6) is 0 Å². The number of rotatable bonds is 4. The summed E-state index contributed by atoms with van der Waals surface area (Å²) in [5.74, 6) is -1.86. The molecule has 0 bridgehead atoms. The van der Waals surface area contributed by atoms with E-state index in [4.69, 9.17) is 5.73 Å². The highest BCUT2D eigenvalue weighted by molar-refractivity contribution is 5.97. The molecule has 2 atom stereocenters. The number of halogens is 3. The molecule has 3 N–H and O–H groups in total. The lowest BCUT2D eigenvalue weighted by atomic mass is 9.82. The van der Waals surface area contributed by atoms with E-state index >= 15 is 0 Å². The van der Waals surface area contributed by atoms with Crippen molar-refractivity contribution in [3.05, 3.63) is 35.4 Å². The normalized spacial score (nSPS) is 19.6. The quantitative estimate of drug-likeness (QED) is 0.877. The Hall–Kier alpha value is -2.38.